The van der Waals surface area contributed by atoms with E-state index in [4.69, 9.17) is 15.9 Å². The number of amides is 1. The molecule has 19 heavy (non-hydrogen) atoms. The van der Waals surface area contributed by atoms with Crippen molar-refractivity contribution in [3.8, 4) is 0 Å². The Hall–Kier alpha value is -1.72. The van der Waals surface area contributed by atoms with E-state index >= 15 is 0 Å². The van der Waals surface area contributed by atoms with Gasteiger partial charge < -0.3 is 26.1 Å². The molecule has 1 aliphatic rings. The summed E-state index contributed by atoms with van der Waals surface area (Å²) < 4.78 is 5.33. The first-order valence-electron chi connectivity index (χ1n) is 6.52. The molecule has 6 nitrogen and oxygen atoms in total. The minimum atomic E-state index is -0.451. The summed E-state index contributed by atoms with van der Waals surface area (Å²) in [5.41, 5.74) is 5.45. The van der Waals surface area contributed by atoms with Crippen molar-refractivity contribution in [2.45, 2.75) is 45.3 Å². The molecule has 0 unspecified atom stereocenters. The van der Waals surface area contributed by atoms with Gasteiger partial charge in [-0.1, -0.05) is 0 Å². The highest BCUT2D eigenvalue weighted by atomic mass is 16.6. The first-order chi connectivity index (χ1) is 8.81. The van der Waals surface area contributed by atoms with Crippen molar-refractivity contribution in [1.29, 1.82) is 5.41 Å². The van der Waals surface area contributed by atoms with Crippen LogP contribution in [0.25, 0.3) is 0 Å². The molecule has 1 amide bonds. The van der Waals surface area contributed by atoms with Crippen LogP contribution in [0.4, 0.5) is 4.79 Å². The van der Waals surface area contributed by atoms with Gasteiger partial charge in [-0.15, -0.1) is 0 Å². The number of piperidine rings is 1. The number of carbonyl (C=O) groups excluding carboxylic acids is 1. The van der Waals surface area contributed by atoms with Gasteiger partial charge in [0.1, 0.15) is 5.60 Å². The molecule has 0 bridgehead atoms. The number of nitrogens with one attached hydrogen (secondary N) is 2. The van der Waals surface area contributed by atoms with E-state index in [1.54, 1.807) is 11.1 Å². The molecule has 108 valence electrons. The average molecular weight is 268 g/mol. The van der Waals surface area contributed by atoms with E-state index in [9.17, 15) is 4.79 Å². The van der Waals surface area contributed by atoms with Crippen LogP contribution >= 0.6 is 0 Å². The van der Waals surface area contributed by atoms with E-state index < -0.39 is 5.60 Å². The van der Waals surface area contributed by atoms with Crippen molar-refractivity contribution in [3.05, 3.63) is 11.9 Å². The van der Waals surface area contributed by atoms with Crippen molar-refractivity contribution in [1.82, 2.24) is 10.2 Å². The minimum Gasteiger partial charge on any atom is -0.444 e. The molecule has 0 radical (unpaired) electrons. The molecular formula is C13H24N4O2. The third-order valence-electron chi connectivity index (χ3n) is 2.80. The zero-order chi connectivity index (χ0) is 14.5. The van der Waals surface area contributed by atoms with Crippen molar-refractivity contribution < 1.29 is 9.53 Å². The summed E-state index contributed by atoms with van der Waals surface area (Å²) in [4.78, 5) is 13.6. The van der Waals surface area contributed by atoms with E-state index in [1.807, 2.05) is 20.8 Å². The Kier molecular flexibility index (Phi) is 5.20. The fourth-order valence-corrected chi connectivity index (χ4v) is 1.81. The summed E-state index contributed by atoms with van der Waals surface area (Å²) in [6, 6.07) is 0.289. The lowest BCUT2D eigenvalue weighted by molar-refractivity contribution is 0.0201. The lowest BCUT2D eigenvalue weighted by Gasteiger charge is -2.33. The molecule has 1 heterocycles. The third kappa shape index (κ3) is 5.63. The van der Waals surface area contributed by atoms with Gasteiger partial charge in [0.25, 0.3) is 0 Å². The molecule has 0 atom stereocenters. The Balaban J connectivity index is 2.36. The van der Waals surface area contributed by atoms with E-state index in [-0.39, 0.29) is 12.1 Å². The van der Waals surface area contributed by atoms with Crippen LogP contribution in [0, 0.1) is 5.41 Å². The van der Waals surface area contributed by atoms with Gasteiger partial charge in [0.05, 0.1) is 5.70 Å². The topological polar surface area (TPSA) is 91.4 Å². The summed E-state index contributed by atoms with van der Waals surface area (Å²) in [5.74, 6) is 0. The monoisotopic (exact) mass is 268 g/mol. The predicted molar refractivity (Wildman–Crippen MR) is 75.0 cm³/mol. The molecular weight excluding hydrogens is 244 g/mol. The Morgan fingerprint density at radius 1 is 1.42 bits per heavy atom. The molecule has 0 saturated carbocycles. The number of hydrogen-bond donors (Lipinski definition) is 3. The number of carbonyl (C=O) groups is 1. The maximum atomic E-state index is 11.9. The molecule has 0 aromatic heterocycles. The quantitative estimate of drug-likeness (QED) is 0.675. The van der Waals surface area contributed by atoms with Gasteiger partial charge in [-0.05, 0) is 33.6 Å². The summed E-state index contributed by atoms with van der Waals surface area (Å²) in [6.07, 6.45) is 4.19. The number of nitrogens with two attached hydrogens (primary N) is 1. The lowest BCUT2D eigenvalue weighted by atomic mass is 10.1. The largest absolute Gasteiger partial charge is 0.444 e. The van der Waals surface area contributed by atoms with Gasteiger partial charge in [-0.2, -0.15) is 0 Å². The van der Waals surface area contributed by atoms with E-state index in [1.165, 1.54) is 0 Å². The van der Waals surface area contributed by atoms with E-state index in [2.05, 4.69) is 5.32 Å². The Morgan fingerprint density at radius 2 is 2.00 bits per heavy atom. The fourth-order valence-electron chi connectivity index (χ4n) is 1.81. The van der Waals surface area contributed by atoms with Gasteiger partial charge in [0, 0.05) is 31.5 Å². The van der Waals surface area contributed by atoms with Crippen LogP contribution in [0.2, 0.25) is 0 Å². The summed E-state index contributed by atoms with van der Waals surface area (Å²) in [6.45, 7) is 6.94. The summed E-state index contributed by atoms with van der Waals surface area (Å²) in [5, 5.41) is 10.1. The number of rotatable bonds is 3. The zero-order valence-corrected chi connectivity index (χ0v) is 11.9. The smallest absolute Gasteiger partial charge is 0.410 e. The maximum Gasteiger partial charge on any atom is 0.410 e. The summed E-state index contributed by atoms with van der Waals surface area (Å²) in [7, 11) is 0. The standard InChI is InChI=1S/C13H24N4O2/c1-13(2,3)19-12(18)17-6-4-11(5-7-17)16-9-10(15)8-14/h8-9,11,14,16H,4-7,15H2,1-3H3/b10-9+,14-8?. The molecule has 0 spiro atoms. The molecule has 0 aliphatic carbocycles. The van der Waals surface area contributed by atoms with Crippen LogP contribution in [-0.2, 0) is 4.74 Å². The highest BCUT2D eigenvalue weighted by molar-refractivity contribution is 5.73. The van der Waals surface area contributed by atoms with Gasteiger partial charge in [0.2, 0.25) is 0 Å². The normalized spacial score (nSPS) is 18.1. The molecule has 1 aliphatic heterocycles. The van der Waals surface area contributed by atoms with Crippen LogP contribution in [0.3, 0.4) is 0 Å². The van der Waals surface area contributed by atoms with Crippen molar-refractivity contribution in [2.24, 2.45) is 5.73 Å². The van der Waals surface area contributed by atoms with Gasteiger partial charge in [-0.25, -0.2) is 4.79 Å². The Morgan fingerprint density at radius 3 is 2.47 bits per heavy atom. The van der Waals surface area contributed by atoms with Crippen LogP contribution in [-0.4, -0.2) is 41.9 Å². The van der Waals surface area contributed by atoms with Gasteiger partial charge >= 0.3 is 6.09 Å². The molecule has 6 heteroatoms. The van der Waals surface area contributed by atoms with Gasteiger partial charge in [-0.3, -0.25) is 0 Å². The number of nitrogens with zero attached hydrogens (tertiary/aromatic N) is 1. The molecule has 4 N–H and O–H groups in total. The van der Waals surface area contributed by atoms with Crippen LogP contribution < -0.4 is 11.1 Å². The molecule has 0 aromatic rings. The Bertz CT molecular complexity index is 352. The van der Waals surface area contributed by atoms with Crippen LogP contribution in [0.15, 0.2) is 11.9 Å². The van der Waals surface area contributed by atoms with Gasteiger partial charge in [0.15, 0.2) is 0 Å². The number of likely N-dealkylation sites (tertiary alicyclic amines) is 1. The number of hydrogen-bond acceptors (Lipinski definition) is 5. The molecule has 1 rings (SSSR count). The highest BCUT2D eigenvalue weighted by Gasteiger charge is 2.26. The minimum absolute atomic E-state index is 0.250. The third-order valence-corrected chi connectivity index (χ3v) is 2.80. The first kappa shape index (κ1) is 15.3. The summed E-state index contributed by atoms with van der Waals surface area (Å²) >= 11 is 0. The highest BCUT2D eigenvalue weighted by Crippen LogP contribution is 2.15. The maximum absolute atomic E-state index is 11.9. The van der Waals surface area contributed by atoms with E-state index in [0.29, 0.717) is 18.8 Å². The van der Waals surface area contributed by atoms with Crippen molar-refractivity contribution in [2.75, 3.05) is 13.1 Å². The SMILES string of the molecule is CC(C)(C)OC(=O)N1CCC(N/C=C(/N)C=N)CC1. The second-order valence-corrected chi connectivity index (χ2v) is 5.70. The first-order valence-corrected chi connectivity index (χ1v) is 6.52. The number of allylic oxidation sites excluding steroid dienone is 1. The molecule has 0 aromatic carbocycles. The fraction of sp³-hybridized carbons (Fsp3) is 0.692. The second-order valence-electron chi connectivity index (χ2n) is 5.70. The van der Waals surface area contributed by atoms with Crippen LogP contribution in [0.1, 0.15) is 33.6 Å². The Labute approximate surface area is 114 Å². The molecule has 1 fully saturated rings. The van der Waals surface area contributed by atoms with Crippen molar-refractivity contribution >= 4 is 12.3 Å². The van der Waals surface area contributed by atoms with E-state index in [0.717, 1.165) is 19.1 Å². The second kappa shape index (κ2) is 6.45. The van der Waals surface area contributed by atoms with Crippen molar-refractivity contribution in [3.63, 3.8) is 0 Å². The average Bonchev–Trinajstić information content (AvgIpc) is 2.34. The molecule has 1 saturated heterocycles. The van der Waals surface area contributed by atoms with Crippen LogP contribution in [0.5, 0.6) is 0 Å². The predicted octanol–water partition coefficient (Wildman–Crippen LogP) is 1.43. The zero-order valence-electron chi connectivity index (χ0n) is 11.9. The lowest BCUT2D eigenvalue weighted by Crippen LogP contribution is -2.45. The number of ether oxygens (including phenoxy) is 1.